The van der Waals surface area contributed by atoms with Crippen molar-refractivity contribution in [1.82, 2.24) is 4.98 Å². The first-order valence-electron chi connectivity index (χ1n) is 5.83. The van der Waals surface area contributed by atoms with Gasteiger partial charge in [-0.15, -0.1) is 0 Å². The minimum Gasteiger partial charge on any atom is -0.495 e. The van der Waals surface area contributed by atoms with Crippen LogP contribution in [0.1, 0.15) is 10.5 Å². The number of amides is 1. The molecule has 0 saturated heterocycles. The van der Waals surface area contributed by atoms with Crippen LogP contribution >= 0.6 is 31.9 Å². The fraction of sp³-hybridized carbons (Fsp3) is 0.0769. The second-order valence-electron chi connectivity index (χ2n) is 3.97. The summed E-state index contributed by atoms with van der Waals surface area (Å²) in [5, 5.41) is 2.76. The highest BCUT2D eigenvalue weighted by Crippen LogP contribution is 2.34. The van der Waals surface area contributed by atoms with Gasteiger partial charge in [-0.2, -0.15) is 0 Å². The van der Waals surface area contributed by atoms with E-state index in [1.807, 2.05) is 0 Å². The maximum absolute atomic E-state index is 12.2. The van der Waals surface area contributed by atoms with Crippen molar-refractivity contribution < 1.29 is 9.53 Å². The highest BCUT2D eigenvalue weighted by Gasteiger charge is 2.13. The van der Waals surface area contributed by atoms with Gasteiger partial charge in [-0.25, -0.2) is 10.8 Å². The molecule has 2 aromatic rings. The van der Waals surface area contributed by atoms with Gasteiger partial charge >= 0.3 is 0 Å². The van der Waals surface area contributed by atoms with Crippen molar-refractivity contribution in [2.45, 2.75) is 0 Å². The van der Waals surface area contributed by atoms with Gasteiger partial charge in [0.2, 0.25) is 0 Å². The summed E-state index contributed by atoms with van der Waals surface area (Å²) < 4.78 is 6.70. The van der Waals surface area contributed by atoms with E-state index in [1.165, 1.54) is 0 Å². The average Bonchev–Trinajstić information content (AvgIpc) is 2.50. The molecule has 1 amide bonds. The van der Waals surface area contributed by atoms with Crippen molar-refractivity contribution in [1.29, 1.82) is 0 Å². The molecule has 0 fully saturated rings. The minimum absolute atomic E-state index is 0.249. The number of carbonyl (C=O) groups is 1. The Morgan fingerprint density at radius 2 is 2.05 bits per heavy atom. The van der Waals surface area contributed by atoms with E-state index in [4.69, 9.17) is 10.6 Å². The Morgan fingerprint density at radius 3 is 2.71 bits per heavy atom. The first-order valence-corrected chi connectivity index (χ1v) is 7.42. The van der Waals surface area contributed by atoms with Crippen molar-refractivity contribution in [2.24, 2.45) is 5.84 Å². The third-order valence-electron chi connectivity index (χ3n) is 2.62. The predicted molar refractivity (Wildman–Crippen MR) is 88.4 cm³/mol. The fourth-order valence-electron chi connectivity index (χ4n) is 1.61. The Balaban J connectivity index is 2.26. The number of rotatable bonds is 4. The number of nitrogens with two attached hydrogens (primary N) is 1. The van der Waals surface area contributed by atoms with Gasteiger partial charge in [0.25, 0.3) is 5.91 Å². The predicted octanol–water partition coefficient (Wildman–Crippen LogP) is 3.15. The normalized spacial score (nSPS) is 10.1. The number of aromatic nitrogens is 1. The molecule has 4 N–H and O–H groups in total. The lowest BCUT2D eigenvalue weighted by molar-refractivity contribution is 0.102. The maximum atomic E-state index is 12.2. The fourth-order valence-corrected chi connectivity index (χ4v) is 2.86. The molecule has 0 aliphatic carbocycles. The van der Waals surface area contributed by atoms with Crippen LogP contribution in [0.4, 0.5) is 11.5 Å². The molecule has 1 aromatic heterocycles. The Bertz CT molecular complexity index is 679. The smallest absolute Gasteiger partial charge is 0.274 e. The molecular formula is C13H12Br2N4O2. The molecule has 110 valence electrons. The number of benzene rings is 1. The minimum atomic E-state index is -0.350. The summed E-state index contributed by atoms with van der Waals surface area (Å²) in [7, 11) is 1.55. The lowest BCUT2D eigenvalue weighted by Crippen LogP contribution is -2.16. The number of hydrogen-bond acceptors (Lipinski definition) is 5. The lowest BCUT2D eigenvalue weighted by atomic mass is 10.2. The van der Waals surface area contributed by atoms with Gasteiger partial charge in [-0.3, -0.25) is 4.79 Å². The van der Waals surface area contributed by atoms with Crippen molar-refractivity contribution >= 4 is 49.3 Å². The maximum Gasteiger partial charge on any atom is 0.274 e. The number of nitrogens with one attached hydrogen (secondary N) is 2. The van der Waals surface area contributed by atoms with E-state index in [0.29, 0.717) is 17.3 Å². The number of halogens is 2. The summed E-state index contributed by atoms with van der Waals surface area (Å²) >= 11 is 6.76. The lowest BCUT2D eigenvalue weighted by Gasteiger charge is -2.11. The second-order valence-corrected chi connectivity index (χ2v) is 5.68. The third kappa shape index (κ3) is 3.72. The molecule has 2 rings (SSSR count). The summed E-state index contributed by atoms with van der Waals surface area (Å²) in [5.74, 6) is 5.95. The standard InChI is InChI=1S/C13H12Br2N4O2/c1-21-11-6-10(7(14)5-8(11)15)18-13(20)9-3-2-4-12(17-9)19-16/h2-6H,16H2,1H3,(H,17,19)(H,18,20). The van der Waals surface area contributed by atoms with Gasteiger partial charge < -0.3 is 15.5 Å². The molecule has 1 heterocycles. The zero-order valence-electron chi connectivity index (χ0n) is 11.0. The number of nitrogen functional groups attached to an aromatic ring is 1. The van der Waals surface area contributed by atoms with Crippen LogP contribution in [0.2, 0.25) is 0 Å². The van der Waals surface area contributed by atoms with E-state index in [2.05, 4.69) is 47.6 Å². The van der Waals surface area contributed by atoms with Gasteiger partial charge in [0.15, 0.2) is 0 Å². The van der Waals surface area contributed by atoms with Gasteiger partial charge in [-0.05, 0) is 50.1 Å². The number of hydrazine groups is 1. The topological polar surface area (TPSA) is 89.3 Å². The Labute approximate surface area is 138 Å². The monoisotopic (exact) mass is 414 g/mol. The van der Waals surface area contributed by atoms with Gasteiger partial charge in [0.05, 0.1) is 17.3 Å². The van der Waals surface area contributed by atoms with Crippen molar-refractivity contribution in [3.8, 4) is 5.75 Å². The quantitative estimate of drug-likeness (QED) is 0.527. The number of nitrogens with zero attached hydrogens (tertiary/aromatic N) is 1. The second kappa shape index (κ2) is 6.88. The van der Waals surface area contributed by atoms with Crippen LogP contribution in [-0.2, 0) is 0 Å². The van der Waals surface area contributed by atoms with E-state index in [0.717, 1.165) is 8.95 Å². The zero-order valence-corrected chi connectivity index (χ0v) is 14.2. The molecule has 0 spiro atoms. The van der Waals surface area contributed by atoms with Crippen LogP contribution < -0.4 is 21.3 Å². The van der Waals surface area contributed by atoms with E-state index < -0.39 is 0 Å². The van der Waals surface area contributed by atoms with E-state index in [-0.39, 0.29) is 11.6 Å². The number of ether oxygens (including phenoxy) is 1. The van der Waals surface area contributed by atoms with Crippen LogP contribution in [0.3, 0.4) is 0 Å². The van der Waals surface area contributed by atoms with Crippen molar-refractivity contribution in [3.63, 3.8) is 0 Å². The molecule has 1 aromatic carbocycles. The zero-order chi connectivity index (χ0) is 15.4. The molecule has 0 bridgehead atoms. The summed E-state index contributed by atoms with van der Waals surface area (Å²) in [6, 6.07) is 8.45. The largest absolute Gasteiger partial charge is 0.495 e. The van der Waals surface area contributed by atoms with E-state index in [1.54, 1.807) is 37.4 Å². The molecule has 21 heavy (non-hydrogen) atoms. The first kappa shape index (κ1) is 15.7. The van der Waals surface area contributed by atoms with Crippen LogP contribution in [-0.4, -0.2) is 18.0 Å². The van der Waals surface area contributed by atoms with Crippen LogP contribution in [0.5, 0.6) is 5.75 Å². The van der Waals surface area contributed by atoms with Gasteiger partial charge in [-0.1, -0.05) is 6.07 Å². The molecular weight excluding hydrogens is 404 g/mol. The van der Waals surface area contributed by atoms with Gasteiger partial charge in [0.1, 0.15) is 17.3 Å². The highest BCUT2D eigenvalue weighted by atomic mass is 79.9. The van der Waals surface area contributed by atoms with Crippen LogP contribution in [0, 0.1) is 0 Å². The van der Waals surface area contributed by atoms with Gasteiger partial charge in [0, 0.05) is 10.5 Å². The van der Waals surface area contributed by atoms with Crippen LogP contribution in [0.15, 0.2) is 39.3 Å². The van der Waals surface area contributed by atoms with Crippen molar-refractivity contribution in [3.05, 3.63) is 45.0 Å². The number of methoxy groups -OCH3 is 1. The molecule has 0 aliphatic heterocycles. The summed E-state index contributed by atoms with van der Waals surface area (Å²) in [6.45, 7) is 0. The van der Waals surface area contributed by atoms with E-state index in [9.17, 15) is 4.79 Å². The number of carbonyl (C=O) groups excluding carboxylic acids is 1. The molecule has 0 saturated carbocycles. The third-order valence-corrected chi connectivity index (χ3v) is 3.90. The molecule has 6 nitrogen and oxygen atoms in total. The number of hydrogen-bond donors (Lipinski definition) is 3. The average molecular weight is 416 g/mol. The summed E-state index contributed by atoms with van der Waals surface area (Å²) in [5.41, 5.74) is 3.22. The SMILES string of the molecule is COc1cc(NC(=O)c2cccc(NN)n2)c(Br)cc1Br. The van der Waals surface area contributed by atoms with E-state index >= 15 is 0 Å². The summed E-state index contributed by atoms with van der Waals surface area (Å²) in [6.07, 6.45) is 0. The Hall–Kier alpha value is -1.64. The molecule has 0 aliphatic rings. The molecule has 8 heteroatoms. The van der Waals surface area contributed by atoms with Crippen molar-refractivity contribution in [2.75, 3.05) is 17.9 Å². The molecule has 0 atom stereocenters. The number of pyridine rings is 1. The number of anilines is 2. The summed E-state index contributed by atoms with van der Waals surface area (Å²) in [4.78, 5) is 16.3. The first-order chi connectivity index (χ1) is 10.0. The highest BCUT2D eigenvalue weighted by molar-refractivity contribution is 9.11. The molecule has 0 radical (unpaired) electrons. The Kier molecular flexibility index (Phi) is 5.16. The molecule has 0 unspecified atom stereocenters. The van der Waals surface area contributed by atoms with Crippen LogP contribution in [0.25, 0.3) is 0 Å². The Morgan fingerprint density at radius 1 is 1.29 bits per heavy atom.